The van der Waals surface area contributed by atoms with Gasteiger partial charge in [-0.25, -0.2) is 0 Å². The van der Waals surface area contributed by atoms with Gasteiger partial charge in [-0.1, -0.05) is 24.3 Å². The van der Waals surface area contributed by atoms with Crippen LogP contribution in [-0.2, 0) is 11.3 Å². The standard InChI is InChI=1S/C10H10NO/c1-7(12)10-9-5-3-2-4-8(9)6-11-10/h2-5,10-11H,1,6H2. The zero-order chi connectivity index (χ0) is 8.55. The van der Waals surface area contributed by atoms with Crippen molar-refractivity contribution in [1.82, 2.24) is 5.32 Å². The average Bonchev–Trinajstić information content (AvgIpc) is 2.47. The molecule has 0 aliphatic carbocycles. The number of carbonyl (C=O) groups is 1. The first-order valence-corrected chi connectivity index (χ1v) is 3.96. The maximum Gasteiger partial charge on any atom is 0.154 e. The van der Waals surface area contributed by atoms with Crippen LogP contribution < -0.4 is 5.32 Å². The zero-order valence-electron chi connectivity index (χ0n) is 6.71. The predicted octanol–water partition coefficient (Wildman–Crippen LogP) is 1.23. The van der Waals surface area contributed by atoms with Crippen molar-refractivity contribution in [2.24, 2.45) is 0 Å². The second kappa shape index (κ2) is 2.72. The number of nitrogens with one attached hydrogen (secondary N) is 1. The highest BCUT2D eigenvalue weighted by Gasteiger charge is 2.24. The first-order chi connectivity index (χ1) is 5.79. The molecule has 1 unspecified atom stereocenters. The minimum absolute atomic E-state index is 0.0556. The first-order valence-electron chi connectivity index (χ1n) is 3.96. The van der Waals surface area contributed by atoms with Gasteiger partial charge in [0.2, 0.25) is 0 Å². The first kappa shape index (κ1) is 7.50. The van der Waals surface area contributed by atoms with Gasteiger partial charge >= 0.3 is 0 Å². The fourth-order valence-electron chi connectivity index (χ4n) is 1.59. The summed E-state index contributed by atoms with van der Waals surface area (Å²) in [6, 6.07) is 7.76. The van der Waals surface area contributed by atoms with Crippen LogP contribution in [-0.4, -0.2) is 5.78 Å². The van der Waals surface area contributed by atoms with Crippen LogP contribution in [0.1, 0.15) is 17.2 Å². The maximum atomic E-state index is 11.0. The molecule has 12 heavy (non-hydrogen) atoms. The van der Waals surface area contributed by atoms with Crippen molar-refractivity contribution < 1.29 is 4.79 Å². The Morgan fingerprint density at radius 2 is 2.25 bits per heavy atom. The predicted molar refractivity (Wildman–Crippen MR) is 46.4 cm³/mol. The van der Waals surface area contributed by atoms with E-state index in [4.69, 9.17) is 0 Å². The lowest BCUT2D eigenvalue weighted by atomic mass is 10.0. The molecule has 61 valence electrons. The van der Waals surface area contributed by atoms with E-state index < -0.39 is 0 Å². The van der Waals surface area contributed by atoms with E-state index in [1.54, 1.807) is 0 Å². The lowest BCUT2D eigenvalue weighted by molar-refractivity contribution is -0.116. The monoisotopic (exact) mass is 160 g/mol. The normalized spacial score (nSPS) is 20.6. The van der Waals surface area contributed by atoms with Gasteiger partial charge in [0, 0.05) is 13.5 Å². The molecular formula is C10H10NO. The Morgan fingerprint density at radius 1 is 1.50 bits per heavy atom. The molecule has 0 spiro atoms. The van der Waals surface area contributed by atoms with Crippen LogP contribution in [0.3, 0.4) is 0 Å². The van der Waals surface area contributed by atoms with Crippen LogP contribution in [0.4, 0.5) is 0 Å². The summed E-state index contributed by atoms with van der Waals surface area (Å²) in [4.78, 5) is 11.0. The fraction of sp³-hybridized carbons (Fsp3) is 0.200. The Labute approximate surface area is 71.6 Å². The third-order valence-electron chi connectivity index (χ3n) is 2.18. The third-order valence-corrected chi connectivity index (χ3v) is 2.18. The fourth-order valence-corrected chi connectivity index (χ4v) is 1.59. The van der Waals surface area contributed by atoms with Crippen molar-refractivity contribution >= 4 is 5.78 Å². The molecule has 2 nitrogen and oxygen atoms in total. The van der Waals surface area contributed by atoms with Gasteiger partial charge < -0.3 is 0 Å². The lowest BCUT2D eigenvalue weighted by Gasteiger charge is -2.05. The van der Waals surface area contributed by atoms with Crippen LogP contribution in [0.25, 0.3) is 0 Å². The number of rotatable bonds is 1. The molecule has 0 amide bonds. The highest BCUT2D eigenvalue weighted by Crippen LogP contribution is 2.24. The largest absolute Gasteiger partial charge is 0.300 e. The van der Waals surface area contributed by atoms with E-state index >= 15 is 0 Å². The van der Waals surface area contributed by atoms with E-state index in [9.17, 15) is 4.79 Å². The van der Waals surface area contributed by atoms with Crippen molar-refractivity contribution in [3.63, 3.8) is 0 Å². The summed E-state index contributed by atoms with van der Waals surface area (Å²) in [6.45, 7) is 4.20. The summed E-state index contributed by atoms with van der Waals surface area (Å²) in [5.41, 5.74) is 2.29. The summed E-state index contributed by atoms with van der Waals surface area (Å²) < 4.78 is 0. The number of ketones is 1. The highest BCUT2D eigenvalue weighted by molar-refractivity contribution is 5.89. The molecule has 1 radical (unpaired) electrons. The van der Waals surface area contributed by atoms with Crippen LogP contribution in [0.5, 0.6) is 0 Å². The van der Waals surface area contributed by atoms with Crippen LogP contribution in [0.2, 0.25) is 0 Å². The molecular weight excluding hydrogens is 150 g/mol. The van der Waals surface area contributed by atoms with Crippen molar-refractivity contribution in [2.75, 3.05) is 0 Å². The van der Waals surface area contributed by atoms with Gasteiger partial charge in [0.1, 0.15) is 0 Å². The summed E-state index contributed by atoms with van der Waals surface area (Å²) in [6.07, 6.45) is 0. The minimum atomic E-state index is -0.179. The third kappa shape index (κ3) is 1.04. The van der Waals surface area contributed by atoms with E-state index in [0.29, 0.717) is 0 Å². The van der Waals surface area contributed by atoms with Crippen molar-refractivity contribution in [2.45, 2.75) is 12.6 Å². The molecule has 1 aliphatic heterocycles. The zero-order valence-corrected chi connectivity index (χ0v) is 6.71. The molecule has 1 aromatic rings. The van der Waals surface area contributed by atoms with Crippen LogP contribution >= 0.6 is 0 Å². The molecule has 2 heteroatoms. The summed E-state index contributed by atoms with van der Waals surface area (Å²) in [7, 11) is 0. The smallest absolute Gasteiger partial charge is 0.154 e. The number of fused-ring (bicyclic) bond motifs is 1. The Bertz CT molecular complexity index is 319. The lowest BCUT2D eigenvalue weighted by Crippen LogP contribution is -2.19. The summed E-state index contributed by atoms with van der Waals surface area (Å²) in [5, 5.41) is 3.11. The van der Waals surface area contributed by atoms with Gasteiger partial charge in [0.15, 0.2) is 5.78 Å². The SMILES string of the molecule is [CH2]C(=O)C1NCc2ccccc21. The van der Waals surface area contributed by atoms with Gasteiger partial charge in [0.25, 0.3) is 0 Å². The minimum Gasteiger partial charge on any atom is -0.300 e. The molecule has 0 saturated heterocycles. The van der Waals surface area contributed by atoms with Gasteiger partial charge in [-0.15, -0.1) is 0 Å². The van der Waals surface area contributed by atoms with E-state index in [-0.39, 0.29) is 11.8 Å². The number of Topliss-reactive ketones (excluding diaryl/α,β-unsaturated/α-hetero) is 1. The average molecular weight is 160 g/mol. The molecule has 2 rings (SSSR count). The quantitative estimate of drug-likeness (QED) is 0.669. The van der Waals surface area contributed by atoms with E-state index in [0.717, 1.165) is 12.1 Å². The molecule has 1 atom stereocenters. The topological polar surface area (TPSA) is 29.1 Å². The summed E-state index contributed by atoms with van der Waals surface area (Å²) >= 11 is 0. The maximum absolute atomic E-state index is 11.0. The van der Waals surface area contributed by atoms with Crippen molar-refractivity contribution in [1.29, 1.82) is 0 Å². The van der Waals surface area contributed by atoms with Crippen LogP contribution in [0.15, 0.2) is 24.3 Å². The van der Waals surface area contributed by atoms with E-state index in [1.807, 2.05) is 24.3 Å². The summed E-state index contributed by atoms with van der Waals surface area (Å²) in [5.74, 6) is -0.0556. The number of hydrogen-bond donors (Lipinski definition) is 1. The number of hydrogen-bond acceptors (Lipinski definition) is 2. The van der Waals surface area contributed by atoms with Crippen molar-refractivity contribution in [3.05, 3.63) is 42.3 Å². The molecule has 0 fully saturated rings. The van der Waals surface area contributed by atoms with Crippen LogP contribution in [0, 0.1) is 6.92 Å². The van der Waals surface area contributed by atoms with Gasteiger partial charge in [-0.05, 0) is 11.1 Å². The Kier molecular flexibility index (Phi) is 1.70. The van der Waals surface area contributed by atoms with Gasteiger partial charge in [-0.3, -0.25) is 10.1 Å². The van der Waals surface area contributed by atoms with E-state index in [1.165, 1.54) is 5.56 Å². The number of benzene rings is 1. The second-order valence-corrected chi connectivity index (χ2v) is 2.98. The molecule has 0 aromatic heterocycles. The number of carbonyl (C=O) groups excluding carboxylic acids is 1. The Morgan fingerprint density at radius 3 is 3.00 bits per heavy atom. The molecule has 0 saturated carbocycles. The van der Waals surface area contributed by atoms with Gasteiger partial charge in [0.05, 0.1) is 6.04 Å². The molecule has 0 bridgehead atoms. The Hall–Kier alpha value is -1.15. The molecule has 1 aliphatic rings. The second-order valence-electron chi connectivity index (χ2n) is 2.98. The van der Waals surface area contributed by atoms with E-state index in [2.05, 4.69) is 12.2 Å². The molecule has 1 heterocycles. The van der Waals surface area contributed by atoms with Gasteiger partial charge in [-0.2, -0.15) is 0 Å². The highest BCUT2D eigenvalue weighted by atomic mass is 16.1. The molecule has 1 N–H and O–H groups in total. The van der Waals surface area contributed by atoms with Crippen molar-refractivity contribution in [3.8, 4) is 0 Å². The Balaban J connectivity index is 2.42. The molecule has 1 aromatic carbocycles.